The molecular formula is C22H24N2O6. The fraction of sp³-hybridized carbons (Fsp3) is 0.227. The van der Waals surface area contributed by atoms with Gasteiger partial charge < -0.3 is 19.5 Å². The van der Waals surface area contributed by atoms with E-state index in [1.807, 2.05) is 0 Å². The van der Waals surface area contributed by atoms with E-state index in [-0.39, 0.29) is 0 Å². The van der Waals surface area contributed by atoms with Crippen molar-refractivity contribution in [3.8, 4) is 11.5 Å². The predicted octanol–water partition coefficient (Wildman–Crippen LogP) is 2.85. The molecule has 0 aliphatic carbocycles. The lowest BCUT2D eigenvalue weighted by Gasteiger charge is -2.17. The van der Waals surface area contributed by atoms with E-state index in [0.29, 0.717) is 29.2 Å². The minimum Gasteiger partial charge on any atom is -0.497 e. The SMILES string of the molecule is CCNC(=O)NC(=O)[C@H](OC(=O)/C=C/c1cc(OC)ccc1OC)c1ccccc1. The zero-order valence-electron chi connectivity index (χ0n) is 17.0. The quantitative estimate of drug-likeness (QED) is 0.511. The van der Waals surface area contributed by atoms with Gasteiger partial charge >= 0.3 is 12.0 Å². The van der Waals surface area contributed by atoms with E-state index >= 15 is 0 Å². The van der Waals surface area contributed by atoms with Gasteiger partial charge in [-0.25, -0.2) is 9.59 Å². The van der Waals surface area contributed by atoms with Gasteiger partial charge in [-0.1, -0.05) is 30.3 Å². The molecule has 0 aliphatic heterocycles. The molecule has 0 radical (unpaired) electrons. The number of methoxy groups -OCH3 is 2. The van der Waals surface area contributed by atoms with Gasteiger partial charge in [-0.2, -0.15) is 0 Å². The van der Waals surface area contributed by atoms with Crippen molar-refractivity contribution in [3.63, 3.8) is 0 Å². The Bertz CT molecular complexity index is 911. The third-order valence-electron chi connectivity index (χ3n) is 3.98. The van der Waals surface area contributed by atoms with Crippen LogP contribution < -0.4 is 20.1 Å². The first-order chi connectivity index (χ1) is 14.5. The second kappa shape index (κ2) is 11.3. The van der Waals surface area contributed by atoms with Crippen LogP contribution in [0.15, 0.2) is 54.6 Å². The van der Waals surface area contributed by atoms with Gasteiger partial charge in [-0.3, -0.25) is 10.1 Å². The van der Waals surface area contributed by atoms with Crippen LogP contribution in [-0.2, 0) is 14.3 Å². The Morgan fingerprint density at radius 3 is 2.40 bits per heavy atom. The second-order valence-corrected chi connectivity index (χ2v) is 6.02. The highest BCUT2D eigenvalue weighted by atomic mass is 16.5. The Morgan fingerprint density at radius 2 is 1.77 bits per heavy atom. The molecule has 2 aromatic carbocycles. The summed E-state index contributed by atoms with van der Waals surface area (Å²) in [6, 6.07) is 12.9. The summed E-state index contributed by atoms with van der Waals surface area (Å²) < 4.78 is 15.8. The van der Waals surface area contributed by atoms with Crippen LogP contribution in [0.5, 0.6) is 11.5 Å². The smallest absolute Gasteiger partial charge is 0.331 e. The van der Waals surface area contributed by atoms with Crippen LogP contribution in [0.1, 0.15) is 24.2 Å². The lowest BCUT2D eigenvalue weighted by atomic mass is 10.1. The maximum Gasteiger partial charge on any atom is 0.331 e. The summed E-state index contributed by atoms with van der Waals surface area (Å²) in [5, 5.41) is 4.62. The van der Waals surface area contributed by atoms with Gasteiger partial charge in [0.2, 0.25) is 6.10 Å². The number of benzene rings is 2. The van der Waals surface area contributed by atoms with Crippen LogP contribution in [0, 0.1) is 0 Å². The number of amides is 3. The predicted molar refractivity (Wildman–Crippen MR) is 111 cm³/mol. The highest BCUT2D eigenvalue weighted by Crippen LogP contribution is 2.25. The summed E-state index contributed by atoms with van der Waals surface area (Å²) >= 11 is 0. The van der Waals surface area contributed by atoms with Gasteiger partial charge in [0.15, 0.2) is 0 Å². The van der Waals surface area contributed by atoms with Crippen LogP contribution in [0.4, 0.5) is 4.79 Å². The molecule has 3 amide bonds. The molecule has 8 nitrogen and oxygen atoms in total. The number of esters is 1. The number of rotatable bonds is 8. The molecule has 0 saturated heterocycles. The monoisotopic (exact) mass is 412 g/mol. The Kier molecular flexibility index (Phi) is 8.43. The van der Waals surface area contributed by atoms with E-state index in [9.17, 15) is 14.4 Å². The van der Waals surface area contributed by atoms with Crippen LogP contribution in [0.25, 0.3) is 6.08 Å². The fourth-order valence-corrected chi connectivity index (χ4v) is 2.57. The summed E-state index contributed by atoms with van der Waals surface area (Å²) in [6.45, 7) is 2.07. The average Bonchev–Trinajstić information content (AvgIpc) is 2.76. The Labute approximate surface area is 174 Å². The number of hydrogen-bond acceptors (Lipinski definition) is 6. The van der Waals surface area contributed by atoms with E-state index < -0.39 is 24.0 Å². The summed E-state index contributed by atoms with van der Waals surface area (Å²) in [5.41, 5.74) is 1.02. The van der Waals surface area contributed by atoms with E-state index in [0.717, 1.165) is 0 Å². The number of carbonyl (C=O) groups excluding carboxylic acids is 3. The minimum atomic E-state index is -1.29. The third-order valence-corrected chi connectivity index (χ3v) is 3.98. The van der Waals surface area contributed by atoms with Crippen molar-refractivity contribution in [1.29, 1.82) is 0 Å². The van der Waals surface area contributed by atoms with E-state index in [1.165, 1.54) is 26.4 Å². The number of urea groups is 1. The number of hydrogen-bond donors (Lipinski definition) is 2. The Hall–Kier alpha value is -3.81. The molecule has 0 aliphatic rings. The molecule has 8 heteroatoms. The molecule has 0 aromatic heterocycles. The van der Waals surface area contributed by atoms with E-state index in [2.05, 4.69) is 10.6 Å². The van der Waals surface area contributed by atoms with Crippen molar-refractivity contribution in [2.45, 2.75) is 13.0 Å². The van der Waals surface area contributed by atoms with Crippen molar-refractivity contribution in [1.82, 2.24) is 10.6 Å². The van der Waals surface area contributed by atoms with Gasteiger partial charge in [-0.05, 0) is 31.2 Å². The molecule has 0 heterocycles. The molecule has 30 heavy (non-hydrogen) atoms. The molecule has 2 aromatic rings. The third kappa shape index (κ3) is 6.37. The molecule has 1 atom stereocenters. The summed E-state index contributed by atoms with van der Waals surface area (Å²) in [4.78, 5) is 36.6. The molecule has 0 unspecified atom stereocenters. The van der Waals surface area contributed by atoms with Gasteiger partial charge in [-0.15, -0.1) is 0 Å². The molecule has 0 fully saturated rings. The molecule has 158 valence electrons. The highest BCUT2D eigenvalue weighted by molar-refractivity contribution is 5.98. The number of carbonyl (C=O) groups is 3. The topological polar surface area (TPSA) is 103 Å². The second-order valence-electron chi connectivity index (χ2n) is 6.02. The zero-order valence-corrected chi connectivity index (χ0v) is 17.0. The van der Waals surface area contributed by atoms with Gasteiger partial charge in [0.1, 0.15) is 11.5 Å². The van der Waals surface area contributed by atoms with Crippen molar-refractivity contribution >= 4 is 24.0 Å². The lowest BCUT2D eigenvalue weighted by Crippen LogP contribution is -2.42. The van der Waals surface area contributed by atoms with Crippen molar-refractivity contribution < 1.29 is 28.6 Å². The molecule has 0 bridgehead atoms. The Morgan fingerprint density at radius 1 is 1.03 bits per heavy atom. The number of ether oxygens (including phenoxy) is 3. The van der Waals surface area contributed by atoms with Crippen molar-refractivity contribution in [2.75, 3.05) is 20.8 Å². The largest absolute Gasteiger partial charge is 0.497 e. The first kappa shape index (κ1) is 22.5. The molecule has 2 rings (SSSR count). The van der Waals surface area contributed by atoms with Gasteiger partial charge in [0.25, 0.3) is 5.91 Å². The van der Waals surface area contributed by atoms with Gasteiger partial charge in [0, 0.05) is 23.7 Å². The van der Waals surface area contributed by atoms with Crippen LogP contribution in [-0.4, -0.2) is 38.7 Å². The first-order valence-corrected chi connectivity index (χ1v) is 9.22. The standard InChI is InChI=1S/C22H24N2O6/c1-4-23-22(27)24-21(26)20(15-8-6-5-7-9-15)30-19(25)13-10-16-14-17(28-2)11-12-18(16)29-3/h5-14,20H,4H2,1-3H3,(H2,23,24,26,27)/b13-10+/t20-/m1/s1. The number of nitrogens with one attached hydrogen (secondary N) is 2. The molecule has 0 saturated carbocycles. The van der Waals surface area contributed by atoms with Crippen molar-refractivity contribution in [3.05, 3.63) is 65.7 Å². The van der Waals surface area contributed by atoms with Crippen molar-refractivity contribution in [2.24, 2.45) is 0 Å². The molecule has 0 spiro atoms. The maximum absolute atomic E-state index is 12.5. The summed E-state index contributed by atoms with van der Waals surface area (Å²) in [5.74, 6) is -0.395. The summed E-state index contributed by atoms with van der Waals surface area (Å²) in [7, 11) is 3.04. The first-order valence-electron chi connectivity index (χ1n) is 9.22. The maximum atomic E-state index is 12.5. The normalized spacial score (nSPS) is 11.4. The van der Waals surface area contributed by atoms with E-state index in [4.69, 9.17) is 14.2 Å². The fourth-order valence-electron chi connectivity index (χ4n) is 2.57. The van der Waals surface area contributed by atoms with Gasteiger partial charge in [0.05, 0.1) is 14.2 Å². The zero-order chi connectivity index (χ0) is 21.9. The molecular weight excluding hydrogens is 388 g/mol. The minimum absolute atomic E-state index is 0.347. The highest BCUT2D eigenvalue weighted by Gasteiger charge is 2.25. The lowest BCUT2D eigenvalue weighted by molar-refractivity contribution is -0.151. The van der Waals surface area contributed by atoms with Crippen LogP contribution >= 0.6 is 0 Å². The Balaban J connectivity index is 2.19. The number of imide groups is 1. The van der Waals surface area contributed by atoms with Crippen LogP contribution in [0.3, 0.4) is 0 Å². The molecule has 2 N–H and O–H groups in total. The van der Waals surface area contributed by atoms with E-state index in [1.54, 1.807) is 55.5 Å². The average molecular weight is 412 g/mol. The summed E-state index contributed by atoms with van der Waals surface area (Å²) in [6.07, 6.45) is 1.37. The van der Waals surface area contributed by atoms with Crippen LogP contribution in [0.2, 0.25) is 0 Å².